The number of ether oxygens (including phenoxy) is 1. The van der Waals surface area contributed by atoms with Crippen LogP contribution in [0.4, 0.5) is 0 Å². The lowest BCUT2D eigenvalue weighted by atomic mass is 9.82. The van der Waals surface area contributed by atoms with Crippen molar-refractivity contribution in [1.82, 2.24) is 0 Å². The summed E-state index contributed by atoms with van der Waals surface area (Å²) >= 11 is 0. The Hall–Kier alpha value is -1.66. The average molecular weight is 326 g/mol. The number of hydrogen-bond acceptors (Lipinski definition) is 4. The number of benzene rings is 1. The van der Waals surface area contributed by atoms with Gasteiger partial charge in [0.15, 0.2) is 0 Å². The first-order valence-corrected chi connectivity index (χ1v) is 8.40. The van der Waals surface area contributed by atoms with Crippen molar-refractivity contribution in [2.75, 3.05) is 6.61 Å². The molecule has 1 aromatic rings. The highest BCUT2D eigenvalue weighted by Crippen LogP contribution is 2.28. The van der Waals surface area contributed by atoms with Crippen molar-refractivity contribution in [3.05, 3.63) is 42.0 Å². The number of rotatable bonds is 6. The Morgan fingerprint density at radius 1 is 1.36 bits per heavy atom. The molecule has 0 saturated carbocycles. The van der Waals surface area contributed by atoms with Crippen LogP contribution in [-0.4, -0.2) is 25.5 Å². The molecule has 0 bridgehead atoms. The lowest BCUT2D eigenvalue weighted by molar-refractivity contribution is -0.137. The molecule has 0 radical (unpaired) electrons. The van der Waals surface area contributed by atoms with Crippen molar-refractivity contribution in [2.45, 2.75) is 43.9 Å². The number of aryl methyl sites for hydroxylation is 1. The minimum atomic E-state index is -4.23. The maximum Gasteiger partial charge on any atom is 0.330 e. The van der Waals surface area contributed by atoms with Crippen molar-refractivity contribution in [2.24, 2.45) is 0 Å². The summed E-state index contributed by atoms with van der Waals surface area (Å²) in [6, 6.07) is 4.59. The van der Waals surface area contributed by atoms with Crippen LogP contribution >= 0.6 is 0 Å². The van der Waals surface area contributed by atoms with Gasteiger partial charge in [-0.05, 0) is 41.5 Å². The van der Waals surface area contributed by atoms with Crippen LogP contribution in [0.2, 0.25) is 0 Å². The van der Waals surface area contributed by atoms with Gasteiger partial charge in [-0.3, -0.25) is 4.55 Å². The summed E-state index contributed by atoms with van der Waals surface area (Å²) in [4.78, 5) is 10.9. The molecule has 0 unspecified atom stereocenters. The molecule has 0 atom stereocenters. The highest BCUT2D eigenvalue weighted by Gasteiger charge is 2.20. The van der Waals surface area contributed by atoms with Crippen molar-refractivity contribution in [1.29, 1.82) is 0 Å². The average Bonchev–Trinajstić information content (AvgIpc) is 2.41. The van der Waals surface area contributed by atoms with Crippen LogP contribution in [0.1, 0.15) is 38.3 Å². The zero-order valence-corrected chi connectivity index (χ0v) is 13.9. The predicted octanol–water partition coefficient (Wildman–Crippen LogP) is 2.89. The molecule has 0 spiro atoms. The smallest absolute Gasteiger partial charge is 0.330 e. The van der Waals surface area contributed by atoms with Crippen LogP contribution in [0.3, 0.4) is 0 Å². The second-order valence-electron chi connectivity index (χ2n) is 6.02. The highest BCUT2D eigenvalue weighted by atomic mass is 32.2. The summed E-state index contributed by atoms with van der Waals surface area (Å²) in [5.41, 5.74) is 1.65. The maximum atomic E-state index is 11.3. The Bertz CT molecular complexity index is 654. The van der Waals surface area contributed by atoms with Gasteiger partial charge in [-0.25, -0.2) is 4.79 Å². The van der Waals surface area contributed by atoms with Gasteiger partial charge in [-0.2, -0.15) is 8.42 Å². The largest absolute Gasteiger partial charge is 0.463 e. The summed E-state index contributed by atoms with van der Waals surface area (Å²) in [6.07, 6.45) is 2.19. The van der Waals surface area contributed by atoms with Gasteiger partial charge in [0.25, 0.3) is 10.1 Å². The van der Waals surface area contributed by atoms with Gasteiger partial charge in [-0.1, -0.05) is 33.4 Å². The molecular weight excluding hydrogens is 304 g/mol. The Balaban J connectivity index is 2.98. The summed E-state index contributed by atoms with van der Waals surface area (Å²) in [5, 5.41) is 0. The van der Waals surface area contributed by atoms with Gasteiger partial charge in [0.05, 0.1) is 11.5 Å². The van der Waals surface area contributed by atoms with E-state index in [1.165, 1.54) is 12.1 Å². The van der Waals surface area contributed by atoms with Crippen LogP contribution in [0.25, 0.3) is 0 Å². The standard InChI is InChI=1S/C16H22O5S/c1-5-15(17)21-10-6-7-12-11-13(22(18,19)20)8-9-14(12)16(2,3)4/h5,8-9,11H,1,6-7,10H2,2-4H3,(H,18,19,20). The van der Waals surface area contributed by atoms with Crippen molar-refractivity contribution < 1.29 is 22.5 Å². The third-order valence-corrected chi connectivity index (χ3v) is 4.03. The zero-order valence-electron chi connectivity index (χ0n) is 13.1. The fourth-order valence-corrected chi connectivity index (χ4v) is 2.69. The molecule has 0 aromatic heterocycles. The van der Waals surface area contributed by atoms with Gasteiger partial charge in [-0.15, -0.1) is 0 Å². The molecule has 5 nitrogen and oxygen atoms in total. The van der Waals surface area contributed by atoms with Gasteiger partial charge >= 0.3 is 5.97 Å². The lowest BCUT2D eigenvalue weighted by Gasteiger charge is -2.23. The highest BCUT2D eigenvalue weighted by molar-refractivity contribution is 7.85. The van der Waals surface area contributed by atoms with E-state index in [1.807, 2.05) is 20.8 Å². The molecule has 0 saturated heterocycles. The molecular formula is C16H22O5S. The van der Waals surface area contributed by atoms with E-state index < -0.39 is 16.1 Å². The lowest BCUT2D eigenvalue weighted by Crippen LogP contribution is -2.15. The Kier molecular flexibility index (Phi) is 5.91. The third-order valence-electron chi connectivity index (χ3n) is 3.18. The molecule has 22 heavy (non-hydrogen) atoms. The van der Waals surface area contributed by atoms with Gasteiger partial charge < -0.3 is 4.74 Å². The van der Waals surface area contributed by atoms with Crippen molar-refractivity contribution in [3.63, 3.8) is 0 Å². The monoisotopic (exact) mass is 326 g/mol. The SMILES string of the molecule is C=CC(=O)OCCCc1cc(S(=O)(=O)O)ccc1C(C)(C)C. The number of carbonyl (C=O) groups excluding carboxylic acids is 1. The first-order chi connectivity index (χ1) is 10.1. The summed E-state index contributed by atoms with van der Waals surface area (Å²) in [5.74, 6) is -0.484. The van der Waals surface area contributed by atoms with E-state index in [0.717, 1.165) is 17.2 Å². The molecule has 0 aliphatic carbocycles. The summed E-state index contributed by atoms with van der Waals surface area (Å²) in [6.45, 7) is 9.61. The number of hydrogen-bond donors (Lipinski definition) is 1. The summed E-state index contributed by atoms with van der Waals surface area (Å²) < 4.78 is 36.6. The molecule has 0 aliphatic rings. The minimum Gasteiger partial charge on any atom is -0.463 e. The van der Waals surface area contributed by atoms with Gasteiger partial charge in [0.1, 0.15) is 0 Å². The fourth-order valence-electron chi connectivity index (χ4n) is 2.16. The van der Waals surface area contributed by atoms with Crippen molar-refractivity contribution >= 4 is 16.1 Å². The molecule has 1 rings (SSSR count). The van der Waals surface area contributed by atoms with Crippen LogP contribution in [0, 0.1) is 0 Å². The van der Waals surface area contributed by atoms with E-state index in [-0.39, 0.29) is 16.9 Å². The van der Waals surface area contributed by atoms with Gasteiger partial charge in [0.2, 0.25) is 0 Å². The quantitative estimate of drug-likeness (QED) is 0.376. The molecule has 0 heterocycles. The molecule has 0 fully saturated rings. The fraction of sp³-hybridized carbons (Fsp3) is 0.438. The minimum absolute atomic E-state index is 0.126. The topological polar surface area (TPSA) is 80.7 Å². The molecule has 122 valence electrons. The zero-order chi connectivity index (χ0) is 17.0. The normalized spacial score (nSPS) is 12.0. The van der Waals surface area contributed by atoms with Crippen LogP contribution in [0.15, 0.2) is 35.7 Å². The van der Waals surface area contributed by atoms with Crippen molar-refractivity contribution in [3.8, 4) is 0 Å². The van der Waals surface area contributed by atoms with Crippen LogP contribution in [-0.2, 0) is 31.5 Å². The van der Waals surface area contributed by atoms with E-state index in [4.69, 9.17) is 4.74 Å². The summed E-state index contributed by atoms with van der Waals surface area (Å²) in [7, 11) is -4.23. The van der Waals surface area contributed by atoms with E-state index in [1.54, 1.807) is 6.07 Å². The first kappa shape index (κ1) is 18.4. The second-order valence-corrected chi connectivity index (χ2v) is 7.44. The van der Waals surface area contributed by atoms with E-state index in [0.29, 0.717) is 12.8 Å². The predicted molar refractivity (Wildman–Crippen MR) is 84.4 cm³/mol. The molecule has 6 heteroatoms. The number of esters is 1. The molecule has 0 amide bonds. The van der Waals surface area contributed by atoms with Crippen LogP contribution in [0.5, 0.6) is 0 Å². The third kappa shape index (κ3) is 5.27. The maximum absolute atomic E-state index is 11.3. The Morgan fingerprint density at radius 2 is 2.00 bits per heavy atom. The molecule has 1 aromatic carbocycles. The van der Waals surface area contributed by atoms with E-state index in [9.17, 15) is 17.8 Å². The van der Waals surface area contributed by atoms with Crippen LogP contribution < -0.4 is 0 Å². The Labute approximate surface area is 131 Å². The van der Waals surface area contributed by atoms with Gasteiger partial charge in [0, 0.05) is 6.08 Å². The van der Waals surface area contributed by atoms with E-state index in [2.05, 4.69) is 6.58 Å². The number of carbonyl (C=O) groups is 1. The van der Waals surface area contributed by atoms with E-state index >= 15 is 0 Å². The first-order valence-electron chi connectivity index (χ1n) is 6.96. The second kappa shape index (κ2) is 7.07. The molecule has 0 aliphatic heterocycles. The Morgan fingerprint density at radius 3 is 2.50 bits per heavy atom. The molecule has 1 N–H and O–H groups in total.